The summed E-state index contributed by atoms with van der Waals surface area (Å²) in [5.74, 6) is -0.319. The third-order valence-electron chi connectivity index (χ3n) is 2.77. The maximum Gasteiger partial charge on any atom is 0.273 e. The minimum Gasteiger partial charge on any atom is -0.321 e. The lowest BCUT2D eigenvalue weighted by molar-refractivity contribution is -0.385. The average Bonchev–Trinajstić information content (AvgIpc) is 2.43. The highest BCUT2D eigenvalue weighted by Crippen LogP contribution is 2.30. The van der Waals surface area contributed by atoms with Crippen molar-refractivity contribution in [3.63, 3.8) is 0 Å². The van der Waals surface area contributed by atoms with E-state index in [-0.39, 0.29) is 16.6 Å². The zero-order chi connectivity index (χ0) is 14.7. The molecule has 0 atom stereocenters. The first kappa shape index (κ1) is 14.0. The molecule has 6 heteroatoms. The van der Waals surface area contributed by atoms with Gasteiger partial charge in [0.25, 0.3) is 11.6 Å². The number of nitro groups is 1. The molecule has 0 saturated heterocycles. The van der Waals surface area contributed by atoms with Crippen LogP contribution in [0.4, 0.5) is 11.4 Å². The molecule has 2 aromatic rings. The van der Waals surface area contributed by atoms with Crippen LogP contribution in [0, 0.1) is 17.0 Å². The molecule has 0 bridgehead atoms. The van der Waals surface area contributed by atoms with Gasteiger partial charge in [-0.2, -0.15) is 0 Å². The number of anilines is 1. The van der Waals surface area contributed by atoms with Gasteiger partial charge in [-0.3, -0.25) is 14.9 Å². The largest absolute Gasteiger partial charge is 0.321 e. The molecule has 0 radical (unpaired) electrons. The van der Waals surface area contributed by atoms with E-state index in [2.05, 4.69) is 5.32 Å². The number of amides is 1. The topological polar surface area (TPSA) is 72.2 Å². The van der Waals surface area contributed by atoms with Crippen LogP contribution in [-0.2, 0) is 0 Å². The van der Waals surface area contributed by atoms with E-state index in [0.717, 1.165) is 0 Å². The number of aryl methyl sites for hydroxylation is 1. The SMILES string of the molecule is Cc1cc(NC(=O)c2ccccc2)c(Cl)cc1[N+](=O)[O-]. The van der Waals surface area contributed by atoms with Crippen LogP contribution in [0.5, 0.6) is 0 Å². The predicted octanol–water partition coefficient (Wildman–Crippen LogP) is 3.81. The van der Waals surface area contributed by atoms with Crippen molar-refractivity contribution in [3.05, 3.63) is 68.7 Å². The maximum absolute atomic E-state index is 12.0. The quantitative estimate of drug-likeness (QED) is 0.690. The van der Waals surface area contributed by atoms with Gasteiger partial charge in [-0.1, -0.05) is 29.8 Å². The van der Waals surface area contributed by atoms with Crippen molar-refractivity contribution in [2.75, 3.05) is 5.32 Å². The fourth-order valence-corrected chi connectivity index (χ4v) is 1.95. The van der Waals surface area contributed by atoms with Gasteiger partial charge in [0.05, 0.1) is 15.6 Å². The number of hydrogen-bond donors (Lipinski definition) is 1. The van der Waals surface area contributed by atoms with Crippen molar-refractivity contribution in [3.8, 4) is 0 Å². The first-order valence-corrected chi connectivity index (χ1v) is 6.18. The molecule has 2 aromatic carbocycles. The Balaban J connectivity index is 2.29. The summed E-state index contributed by atoms with van der Waals surface area (Å²) >= 11 is 5.96. The van der Waals surface area contributed by atoms with E-state index in [0.29, 0.717) is 16.8 Å². The number of halogens is 1. The molecular weight excluding hydrogens is 280 g/mol. The van der Waals surface area contributed by atoms with Gasteiger partial charge in [0.15, 0.2) is 0 Å². The highest BCUT2D eigenvalue weighted by Gasteiger charge is 2.16. The minimum atomic E-state index is -0.510. The highest BCUT2D eigenvalue weighted by molar-refractivity contribution is 6.34. The molecule has 0 unspecified atom stereocenters. The van der Waals surface area contributed by atoms with Crippen LogP contribution in [0.3, 0.4) is 0 Å². The lowest BCUT2D eigenvalue weighted by atomic mass is 10.1. The van der Waals surface area contributed by atoms with Gasteiger partial charge in [-0.05, 0) is 25.1 Å². The van der Waals surface area contributed by atoms with E-state index in [4.69, 9.17) is 11.6 Å². The molecule has 0 aliphatic heterocycles. The summed E-state index contributed by atoms with van der Waals surface area (Å²) in [5, 5.41) is 13.6. The van der Waals surface area contributed by atoms with E-state index in [1.807, 2.05) is 0 Å². The van der Waals surface area contributed by atoms with Crippen molar-refractivity contribution in [2.24, 2.45) is 0 Å². The number of carbonyl (C=O) groups excluding carboxylic acids is 1. The van der Waals surface area contributed by atoms with Gasteiger partial charge in [-0.15, -0.1) is 0 Å². The molecule has 2 rings (SSSR count). The third kappa shape index (κ3) is 2.95. The first-order chi connectivity index (χ1) is 9.49. The smallest absolute Gasteiger partial charge is 0.273 e. The Morgan fingerprint density at radius 3 is 2.50 bits per heavy atom. The Labute approximate surface area is 120 Å². The summed E-state index contributed by atoms with van der Waals surface area (Å²) in [5.41, 5.74) is 1.19. The monoisotopic (exact) mass is 290 g/mol. The Morgan fingerprint density at radius 2 is 1.90 bits per heavy atom. The summed E-state index contributed by atoms with van der Waals surface area (Å²) in [6.45, 7) is 1.59. The van der Waals surface area contributed by atoms with Crippen LogP contribution < -0.4 is 5.32 Å². The fourth-order valence-electron chi connectivity index (χ4n) is 1.75. The zero-order valence-electron chi connectivity index (χ0n) is 10.6. The van der Waals surface area contributed by atoms with E-state index >= 15 is 0 Å². The second-order valence-corrected chi connectivity index (χ2v) is 4.60. The number of rotatable bonds is 3. The molecule has 1 amide bonds. The average molecular weight is 291 g/mol. The molecule has 5 nitrogen and oxygen atoms in total. The van der Waals surface area contributed by atoms with Gasteiger partial charge in [-0.25, -0.2) is 0 Å². The summed E-state index contributed by atoms with van der Waals surface area (Å²) in [4.78, 5) is 22.3. The number of nitrogens with one attached hydrogen (secondary N) is 1. The highest BCUT2D eigenvalue weighted by atomic mass is 35.5. The molecule has 0 spiro atoms. The van der Waals surface area contributed by atoms with Crippen molar-refractivity contribution in [1.29, 1.82) is 0 Å². The summed E-state index contributed by atoms with van der Waals surface area (Å²) < 4.78 is 0. The molecule has 102 valence electrons. The third-order valence-corrected chi connectivity index (χ3v) is 3.08. The lowest BCUT2D eigenvalue weighted by Crippen LogP contribution is -2.12. The minimum absolute atomic E-state index is 0.0762. The predicted molar refractivity (Wildman–Crippen MR) is 77.2 cm³/mol. The molecule has 0 fully saturated rings. The number of carbonyl (C=O) groups is 1. The Kier molecular flexibility index (Phi) is 4.00. The summed E-state index contributed by atoms with van der Waals surface area (Å²) in [6.07, 6.45) is 0. The van der Waals surface area contributed by atoms with Crippen LogP contribution in [0.15, 0.2) is 42.5 Å². The number of nitrogens with zero attached hydrogens (tertiary/aromatic N) is 1. The molecular formula is C14H11ClN2O3. The van der Waals surface area contributed by atoms with Crippen LogP contribution in [0.25, 0.3) is 0 Å². The number of benzene rings is 2. The van der Waals surface area contributed by atoms with Gasteiger partial charge in [0.1, 0.15) is 0 Å². The Morgan fingerprint density at radius 1 is 1.25 bits per heavy atom. The second kappa shape index (κ2) is 5.71. The molecule has 0 saturated carbocycles. The molecule has 0 aliphatic carbocycles. The zero-order valence-corrected chi connectivity index (χ0v) is 11.3. The van der Waals surface area contributed by atoms with E-state index < -0.39 is 4.92 Å². The molecule has 1 N–H and O–H groups in total. The van der Waals surface area contributed by atoms with Crippen LogP contribution >= 0.6 is 11.6 Å². The van der Waals surface area contributed by atoms with Crippen molar-refractivity contribution in [2.45, 2.75) is 6.92 Å². The maximum atomic E-state index is 12.0. The van der Waals surface area contributed by atoms with Crippen molar-refractivity contribution >= 4 is 28.9 Å². The molecule has 0 aliphatic rings. The van der Waals surface area contributed by atoms with Gasteiger partial charge < -0.3 is 5.32 Å². The van der Waals surface area contributed by atoms with E-state index in [1.165, 1.54) is 12.1 Å². The van der Waals surface area contributed by atoms with Crippen LogP contribution in [0.2, 0.25) is 5.02 Å². The van der Waals surface area contributed by atoms with Gasteiger partial charge >= 0.3 is 0 Å². The van der Waals surface area contributed by atoms with E-state index in [9.17, 15) is 14.9 Å². The second-order valence-electron chi connectivity index (χ2n) is 4.20. The van der Waals surface area contributed by atoms with Gasteiger partial charge in [0.2, 0.25) is 0 Å². The molecule has 0 aromatic heterocycles. The van der Waals surface area contributed by atoms with Crippen LogP contribution in [0.1, 0.15) is 15.9 Å². The number of nitro benzene ring substituents is 1. The first-order valence-electron chi connectivity index (χ1n) is 5.80. The van der Waals surface area contributed by atoms with Crippen molar-refractivity contribution < 1.29 is 9.72 Å². The molecule has 0 heterocycles. The van der Waals surface area contributed by atoms with Gasteiger partial charge in [0, 0.05) is 17.2 Å². The normalized spacial score (nSPS) is 10.1. The molecule has 20 heavy (non-hydrogen) atoms. The standard InChI is InChI=1S/C14H11ClN2O3/c1-9-7-12(11(15)8-13(9)17(19)20)16-14(18)10-5-3-2-4-6-10/h2-8H,1H3,(H,16,18). The van der Waals surface area contributed by atoms with Crippen LogP contribution in [-0.4, -0.2) is 10.8 Å². The summed E-state index contributed by atoms with van der Waals surface area (Å²) in [7, 11) is 0. The summed E-state index contributed by atoms with van der Waals surface area (Å²) in [6, 6.07) is 11.4. The Hall–Kier alpha value is -2.40. The number of hydrogen-bond acceptors (Lipinski definition) is 3. The Bertz CT molecular complexity index is 672. The fraction of sp³-hybridized carbons (Fsp3) is 0.0714. The van der Waals surface area contributed by atoms with Crippen molar-refractivity contribution in [1.82, 2.24) is 0 Å². The lowest BCUT2D eigenvalue weighted by Gasteiger charge is -2.08. The van der Waals surface area contributed by atoms with E-state index in [1.54, 1.807) is 37.3 Å².